The molecule has 2 rings (SSSR count). The Bertz CT molecular complexity index is 410. The number of hydrogen-bond donors (Lipinski definition) is 0. The third kappa shape index (κ3) is 1.82. The second-order valence-corrected chi connectivity index (χ2v) is 4.31. The largest absolute Gasteiger partial charge is 0.448 e. The zero-order chi connectivity index (χ0) is 9.97. The highest BCUT2D eigenvalue weighted by atomic mass is 127. The van der Waals surface area contributed by atoms with Crippen molar-refractivity contribution in [2.75, 3.05) is 0 Å². The minimum atomic E-state index is 0.271. The Balaban J connectivity index is 2.34. The summed E-state index contributed by atoms with van der Waals surface area (Å²) in [6, 6.07) is 10.3. The van der Waals surface area contributed by atoms with E-state index in [1.807, 2.05) is 25.1 Å². The highest BCUT2D eigenvalue weighted by molar-refractivity contribution is 14.1. The van der Waals surface area contributed by atoms with E-state index in [-0.39, 0.29) is 3.92 Å². The van der Waals surface area contributed by atoms with Crippen LogP contribution in [-0.2, 0) is 0 Å². The molecule has 0 saturated heterocycles. The third-order valence-electron chi connectivity index (χ3n) is 2.11. The van der Waals surface area contributed by atoms with Gasteiger partial charge in [-0.3, -0.25) is 0 Å². The molecule has 2 aromatic rings. The maximum absolute atomic E-state index is 5.19. The normalized spacial score (nSPS) is 12.7. The monoisotopic (exact) mass is 299 g/mol. The number of benzene rings is 1. The molecule has 0 amide bonds. The van der Waals surface area contributed by atoms with E-state index in [1.54, 1.807) is 0 Å². The Hall–Kier alpha value is -0.840. The SMILES string of the molecule is Cc1ocnc1C(I)c1ccccc1. The minimum Gasteiger partial charge on any atom is -0.448 e. The van der Waals surface area contributed by atoms with E-state index in [1.165, 1.54) is 12.0 Å². The van der Waals surface area contributed by atoms with Crippen molar-refractivity contribution in [3.8, 4) is 0 Å². The van der Waals surface area contributed by atoms with Crippen LogP contribution in [0.1, 0.15) is 20.9 Å². The zero-order valence-electron chi connectivity index (χ0n) is 7.77. The second kappa shape index (κ2) is 4.13. The van der Waals surface area contributed by atoms with Crippen LogP contribution >= 0.6 is 22.6 Å². The van der Waals surface area contributed by atoms with Crippen LogP contribution in [0.2, 0.25) is 0 Å². The highest BCUT2D eigenvalue weighted by Crippen LogP contribution is 2.31. The summed E-state index contributed by atoms with van der Waals surface area (Å²) in [4.78, 5) is 4.22. The van der Waals surface area contributed by atoms with Gasteiger partial charge in [0.2, 0.25) is 0 Å². The maximum atomic E-state index is 5.19. The summed E-state index contributed by atoms with van der Waals surface area (Å²) in [5, 5.41) is 0. The number of oxazole rings is 1. The van der Waals surface area contributed by atoms with Crippen LogP contribution in [0.4, 0.5) is 0 Å². The molecule has 0 aliphatic carbocycles. The van der Waals surface area contributed by atoms with Gasteiger partial charge in [-0.15, -0.1) is 0 Å². The van der Waals surface area contributed by atoms with Crippen LogP contribution in [0, 0.1) is 6.92 Å². The molecule has 1 heterocycles. The fraction of sp³-hybridized carbons (Fsp3) is 0.182. The number of hydrogen-bond acceptors (Lipinski definition) is 2. The van der Waals surface area contributed by atoms with E-state index in [2.05, 4.69) is 39.7 Å². The topological polar surface area (TPSA) is 26.0 Å². The number of aryl methyl sites for hydroxylation is 1. The van der Waals surface area contributed by atoms with Gasteiger partial charge in [0.05, 0.1) is 9.62 Å². The lowest BCUT2D eigenvalue weighted by atomic mass is 10.1. The molecule has 3 heteroatoms. The maximum Gasteiger partial charge on any atom is 0.181 e. The molecule has 1 unspecified atom stereocenters. The third-order valence-corrected chi connectivity index (χ3v) is 3.42. The predicted octanol–water partition coefficient (Wildman–Crippen LogP) is 3.51. The average Bonchev–Trinajstić information content (AvgIpc) is 2.65. The molecule has 0 radical (unpaired) electrons. The Kier molecular flexibility index (Phi) is 2.86. The molecule has 0 spiro atoms. The molecular weight excluding hydrogens is 289 g/mol. The Morgan fingerprint density at radius 1 is 1.29 bits per heavy atom. The summed E-state index contributed by atoms with van der Waals surface area (Å²) in [6.07, 6.45) is 1.50. The van der Waals surface area contributed by atoms with Crippen molar-refractivity contribution in [1.82, 2.24) is 4.98 Å². The molecular formula is C11H10INO. The number of rotatable bonds is 2. The van der Waals surface area contributed by atoms with E-state index >= 15 is 0 Å². The van der Waals surface area contributed by atoms with Gasteiger partial charge in [-0.1, -0.05) is 52.9 Å². The van der Waals surface area contributed by atoms with Crippen LogP contribution in [0.3, 0.4) is 0 Å². The fourth-order valence-electron chi connectivity index (χ4n) is 1.34. The van der Waals surface area contributed by atoms with Crippen molar-refractivity contribution in [2.24, 2.45) is 0 Å². The molecule has 1 atom stereocenters. The van der Waals surface area contributed by atoms with Gasteiger partial charge in [0, 0.05) is 0 Å². The molecule has 0 aliphatic heterocycles. The van der Waals surface area contributed by atoms with Gasteiger partial charge in [0.1, 0.15) is 5.76 Å². The molecule has 1 aromatic heterocycles. The fourth-order valence-corrected chi connectivity index (χ4v) is 2.35. The second-order valence-electron chi connectivity index (χ2n) is 3.07. The summed E-state index contributed by atoms with van der Waals surface area (Å²) >= 11 is 2.37. The van der Waals surface area contributed by atoms with Gasteiger partial charge in [-0.2, -0.15) is 0 Å². The van der Waals surface area contributed by atoms with Crippen LogP contribution in [0.5, 0.6) is 0 Å². The quantitative estimate of drug-likeness (QED) is 0.626. The zero-order valence-corrected chi connectivity index (χ0v) is 9.93. The summed E-state index contributed by atoms with van der Waals surface area (Å²) in [5.74, 6) is 0.897. The lowest BCUT2D eigenvalue weighted by molar-refractivity contribution is 0.525. The van der Waals surface area contributed by atoms with Crippen molar-refractivity contribution < 1.29 is 4.42 Å². The first kappa shape index (κ1) is 9.71. The van der Waals surface area contributed by atoms with Crippen molar-refractivity contribution in [2.45, 2.75) is 10.8 Å². The Morgan fingerprint density at radius 2 is 2.00 bits per heavy atom. The summed E-state index contributed by atoms with van der Waals surface area (Å²) in [7, 11) is 0. The summed E-state index contributed by atoms with van der Waals surface area (Å²) in [6.45, 7) is 1.94. The highest BCUT2D eigenvalue weighted by Gasteiger charge is 2.15. The van der Waals surface area contributed by atoms with E-state index < -0.39 is 0 Å². The smallest absolute Gasteiger partial charge is 0.181 e. The molecule has 0 saturated carbocycles. The number of nitrogens with zero attached hydrogens (tertiary/aromatic N) is 1. The molecule has 14 heavy (non-hydrogen) atoms. The van der Waals surface area contributed by atoms with E-state index in [0.717, 1.165) is 11.5 Å². The van der Waals surface area contributed by atoms with Crippen molar-refractivity contribution >= 4 is 22.6 Å². The first-order valence-electron chi connectivity index (χ1n) is 4.38. The molecule has 2 nitrogen and oxygen atoms in total. The first-order chi connectivity index (χ1) is 6.79. The van der Waals surface area contributed by atoms with Crippen LogP contribution < -0.4 is 0 Å². The van der Waals surface area contributed by atoms with Gasteiger partial charge < -0.3 is 4.42 Å². The van der Waals surface area contributed by atoms with E-state index in [9.17, 15) is 0 Å². The molecule has 0 aliphatic rings. The van der Waals surface area contributed by atoms with Crippen LogP contribution in [0.25, 0.3) is 0 Å². The van der Waals surface area contributed by atoms with Crippen LogP contribution in [0.15, 0.2) is 41.1 Å². The Morgan fingerprint density at radius 3 is 2.57 bits per heavy atom. The van der Waals surface area contributed by atoms with Gasteiger partial charge in [0.15, 0.2) is 6.39 Å². The van der Waals surface area contributed by atoms with Gasteiger partial charge in [-0.05, 0) is 12.5 Å². The van der Waals surface area contributed by atoms with Crippen molar-refractivity contribution in [3.05, 3.63) is 53.7 Å². The molecule has 0 bridgehead atoms. The summed E-state index contributed by atoms with van der Waals surface area (Å²) in [5.41, 5.74) is 2.27. The molecule has 72 valence electrons. The van der Waals surface area contributed by atoms with Gasteiger partial charge >= 0.3 is 0 Å². The van der Waals surface area contributed by atoms with E-state index in [0.29, 0.717) is 0 Å². The van der Waals surface area contributed by atoms with E-state index in [4.69, 9.17) is 4.42 Å². The lowest BCUT2D eigenvalue weighted by Crippen LogP contribution is -1.94. The van der Waals surface area contributed by atoms with Crippen LogP contribution in [-0.4, -0.2) is 4.98 Å². The Labute approximate surface area is 96.5 Å². The number of alkyl halides is 1. The van der Waals surface area contributed by atoms with Gasteiger partial charge in [-0.25, -0.2) is 4.98 Å². The summed E-state index contributed by atoms with van der Waals surface area (Å²) < 4.78 is 5.46. The minimum absolute atomic E-state index is 0.271. The van der Waals surface area contributed by atoms with Crippen molar-refractivity contribution in [1.29, 1.82) is 0 Å². The van der Waals surface area contributed by atoms with Gasteiger partial charge in [0.25, 0.3) is 0 Å². The molecule has 0 N–H and O–H groups in total. The lowest BCUT2D eigenvalue weighted by Gasteiger charge is -2.06. The number of aromatic nitrogens is 1. The molecule has 0 fully saturated rings. The average molecular weight is 299 g/mol. The standard InChI is InChI=1S/C11H10INO/c1-8-11(13-7-14-8)10(12)9-5-3-2-4-6-9/h2-7,10H,1H3. The molecule has 1 aromatic carbocycles. The van der Waals surface area contributed by atoms with Crippen molar-refractivity contribution in [3.63, 3.8) is 0 Å². The first-order valence-corrected chi connectivity index (χ1v) is 5.62. The predicted molar refractivity (Wildman–Crippen MR) is 63.5 cm³/mol. The number of halogens is 1.